The number of barbiturate groups is 1. The number of aliphatic imine (C=N–C) groups is 1. The van der Waals surface area contributed by atoms with E-state index in [4.69, 9.17) is 4.42 Å². The van der Waals surface area contributed by atoms with E-state index < -0.39 is 41.3 Å². The minimum atomic E-state index is -0.902. The number of aromatic nitrogens is 3. The maximum absolute atomic E-state index is 11.9. The Hall–Kier alpha value is -4.81. The van der Waals surface area contributed by atoms with E-state index in [1.807, 2.05) is 15.3 Å². The Labute approximate surface area is 170 Å². The molecule has 4 amide bonds. The molecule has 3 heterocycles. The van der Waals surface area contributed by atoms with Crippen LogP contribution in [0, 0.1) is 0 Å². The number of hydrogen-bond acceptors (Lipinski definition) is 8. The average Bonchev–Trinajstić information content (AvgIpc) is 3.14. The summed E-state index contributed by atoms with van der Waals surface area (Å²) in [5.41, 5.74) is -2.02. The second-order valence-corrected chi connectivity index (χ2v) is 6.23. The van der Waals surface area contributed by atoms with Crippen LogP contribution in [0.2, 0.25) is 0 Å². The summed E-state index contributed by atoms with van der Waals surface area (Å²) in [7, 11) is 0. The fraction of sp³-hybridized carbons (Fsp3) is 0.0556. The number of H-pyrrole nitrogens is 2. The van der Waals surface area contributed by atoms with Crippen LogP contribution in [0.1, 0.15) is 12.2 Å². The summed E-state index contributed by atoms with van der Waals surface area (Å²) in [5, 5.41) is 2.02. The highest BCUT2D eigenvalue weighted by atomic mass is 16.4. The number of nitrogens with zero attached hydrogens (tertiary/aromatic N) is 3. The van der Waals surface area contributed by atoms with E-state index in [-0.39, 0.29) is 17.3 Å². The third kappa shape index (κ3) is 3.87. The molecule has 0 spiro atoms. The number of benzene rings is 1. The van der Waals surface area contributed by atoms with Crippen molar-refractivity contribution < 1.29 is 18.8 Å². The summed E-state index contributed by atoms with van der Waals surface area (Å²) < 4.78 is 6.16. The maximum atomic E-state index is 11.9. The van der Waals surface area contributed by atoms with Gasteiger partial charge in [-0.1, -0.05) is 0 Å². The highest BCUT2D eigenvalue weighted by Crippen LogP contribution is 2.21. The molecule has 0 bridgehead atoms. The van der Waals surface area contributed by atoms with Crippen molar-refractivity contribution in [3.05, 3.63) is 73.6 Å². The van der Waals surface area contributed by atoms with Gasteiger partial charge in [0, 0.05) is 6.07 Å². The first-order valence-corrected chi connectivity index (χ1v) is 8.68. The minimum Gasteiger partial charge on any atom is -0.439 e. The fourth-order valence-electron chi connectivity index (χ4n) is 2.79. The highest BCUT2D eigenvalue weighted by Gasteiger charge is 2.33. The molecule has 1 saturated heterocycles. The SMILES string of the molecule is O=C1CC(=O)N(c2ccc(C=Nc3ccc(-n4c(=O)[nH]c(=O)[nH]c4=O)cc3)o2)C(=O)N1. The molecule has 3 aromatic rings. The Morgan fingerprint density at radius 1 is 0.903 bits per heavy atom. The molecule has 0 atom stereocenters. The molecule has 0 unspecified atom stereocenters. The van der Waals surface area contributed by atoms with Crippen molar-refractivity contribution in [2.24, 2.45) is 4.99 Å². The smallest absolute Gasteiger partial charge is 0.338 e. The lowest BCUT2D eigenvalue weighted by molar-refractivity contribution is -0.128. The zero-order chi connectivity index (χ0) is 22.1. The predicted octanol–water partition coefficient (Wildman–Crippen LogP) is -0.469. The molecule has 1 aliphatic rings. The molecule has 1 aliphatic heterocycles. The van der Waals surface area contributed by atoms with Gasteiger partial charge >= 0.3 is 23.1 Å². The van der Waals surface area contributed by atoms with E-state index in [9.17, 15) is 28.8 Å². The summed E-state index contributed by atoms with van der Waals surface area (Å²) >= 11 is 0. The minimum absolute atomic E-state index is 0.0662. The number of anilines is 1. The second kappa shape index (κ2) is 7.55. The van der Waals surface area contributed by atoms with Gasteiger partial charge in [0.1, 0.15) is 12.2 Å². The Kier molecular flexibility index (Phi) is 4.75. The van der Waals surface area contributed by atoms with Crippen molar-refractivity contribution in [1.29, 1.82) is 0 Å². The Morgan fingerprint density at radius 3 is 2.23 bits per heavy atom. The molecule has 1 aromatic carbocycles. The van der Waals surface area contributed by atoms with Crippen LogP contribution >= 0.6 is 0 Å². The van der Waals surface area contributed by atoms with Crippen molar-refractivity contribution >= 4 is 35.6 Å². The van der Waals surface area contributed by atoms with Crippen LogP contribution in [0.5, 0.6) is 0 Å². The monoisotopic (exact) mass is 424 g/mol. The normalized spacial score (nSPS) is 14.3. The van der Waals surface area contributed by atoms with E-state index >= 15 is 0 Å². The predicted molar refractivity (Wildman–Crippen MR) is 105 cm³/mol. The lowest BCUT2D eigenvalue weighted by atomic mass is 10.3. The number of nitrogens with one attached hydrogen (secondary N) is 3. The first kappa shape index (κ1) is 19.5. The van der Waals surface area contributed by atoms with Gasteiger partial charge < -0.3 is 4.42 Å². The molecule has 3 N–H and O–H groups in total. The Morgan fingerprint density at radius 2 is 1.58 bits per heavy atom. The zero-order valence-corrected chi connectivity index (χ0v) is 15.4. The van der Waals surface area contributed by atoms with Crippen LogP contribution in [-0.4, -0.2) is 38.6 Å². The van der Waals surface area contributed by atoms with Crippen molar-refractivity contribution in [1.82, 2.24) is 19.9 Å². The molecular weight excluding hydrogens is 412 g/mol. The van der Waals surface area contributed by atoms with Crippen molar-refractivity contribution in [2.45, 2.75) is 6.42 Å². The molecule has 13 nitrogen and oxygen atoms in total. The molecule has 13 heteroatoms. The van der Waals surface area contributed by atoms with Crippen molar-refractivity contribution in [2.75, 3.05) is 4.90 Å². The molecule has 0 radical (unpaired) electrons. The Balaban J connectivity index is 1.53. The highest BCUT2D eigenvalue weighted by molar-refractivity contribution is 6.25. The second-order valence-electron chi connectivity index (χ2n) is 6.23. The molecular formula is C18H12N6O7. The van der Waals surface area contributed by atoms with Crippen LogP contribution in [0.4, 0.5) is 16.4 Å². The molecule has 2 aromatic heterocycles. The van der Waals surface area contributed by atoms with Crippen LogP contribution < -0.4 is 27.3 Å². The summed E-state index contributed by atoms with van der Waals surface area (Å²) in [6.07, 6.45) is 0.860. The van der Waals surface area contributed by atoms with E-state index in [1.54, 1.807) is 0 Å². The van der Waals surface area contributed by atoms with Gasteiger partial charge in [0.2, 0.25) is 17.7 Å². The number of carbonyl (C=O) groups excluding carboxylic acids is 3. The number of aromatic amines is 2. The first-order chi connectivity index (χ1) is 14.8. The average molecular weight is 424 g/mol. The molecule has 4 rings (SSSR count). The number of urea groups is 1. The molecule has 31 heavy (non-hydrogen) atoms. The number of imide groups is 2. The first-order valence-electron chi connectivity index (χ1n) is 8.68. The standard InChI is InChI=1S/C18H12N6O7/c25-12-7-13(26)24(16(28)20-12)14-6-5-11(31-14)8-19-9-1-3-10(4-2-9)23-17(29)21-15(27)22-18(23)30/h1-6,8H,7H2,(H,20,25,28)(H2,21,22,27,29,30). The van der Waals surface area contributed by atoms with Gasteiger partial charge in [0.25, 0.3) is 0 Å². The van der Waals surface area contributed by atoms with E-state index in [0.29, 0.717) is 10.6 Å². The van der Waals surface area contributed by atoms with Crippen LogP contribution in [0.3, 0.4) is 0 Å². The zero-order valence-electron chi connectivity index (χ0n) is 15.4. The number of hydrogen-bond donors (Lipinski definition) is 3. The van der Waals surface area contributed by atoms with Gasteiger partial charge in [-0.25, -0.2) is 23.7 Å². The number of rotatable bonds is 4. The maximum Gasteiger partial charge on any atom is 0.338 e. The van der Waals surface area contributed by atoms with Gasteiger partial charge in [-0.15, -0.1) is 0 Å². The molecule has 0 saturated carbocycles. The lowest BCUT2D eigenvalue weighted by Gasteiger charge is -2.21. The quantitative estimate of drug-likeness (QED) is 0.374. The van der Waals surface area contributed by atoms with Gasteiger partial charge in [-0.2, -0.15) is 4.90 Å². The Bertz CT molecular complexity index is 1350. The third-order valence-corrected chi connectivity index (χ3v) is 4.14. The number of furan rings is 1. The van der Waals surface area contributed by atoms with Crippen LogP contribution in [0.25, 0.3) is 5.69 Å². The van der Waals surface area contributed by atoms with Crippen LogP contribution in [-0.2, 0) is 9.59 Å². The largest absolute Gasteiger partial charge is 0.439 e. The topological polar surface area (TPSA) is 180 Å². The third-order valence-electron chi connectivity index (χ3n) is 4.14. The van der Waals surface area contributed by atoms with Crippen molar-refractivity contribution in [3.63, 3.8) is 0 Å². The lowest BCUT2D eigenvalue weighted by Crippen LogP contribution is -2.52. The van der Waals surface area contributed by atoms with Gasteiger partial charge in [-0.3, -0.25) is 29.9 Å². The summed E-state index contributed by atoms with van der Waals surface area (Å²) in [4.78, 5) is 78.5. The van der Waals surface area contributed by atoms with Gasteiger partial charge in [-0.05, 0) is 30.3 Å². The summed E-state index contributed by atoms with van der Waals surface area (Å²) in [6, 6.07) is 7.88. The van der Waals surface area contributed by atoms with Gasteiger partial charge in [0.15, 0.2) is 0 Å². The summed E-state index contributed by atoms with van der Waals surface area (Å²) in [6.45, 7) is 0. The van der Waals surface area contributed by atoms with E-state index in [1.165, 1.54) is 42.6 Å². The fourth-order valence-corrected chi connectivity index (χ4v) is 2.79. The molecule has 0 aliphatic carbocycles. The number of amides is 4. The van der Waals surface area contributed by atoms with Crippen LogP contribution in [0.15, 0.2) is 60.2 Å². The molecule has 1 fully saturated rings. The van der Waals surface area contributed by atoms with E-state index in [2.05, 4.69) is 4.99 Å². The van der Waals surface area contributed by atoms with Gasteiger partial charge in [0.05, 0.1) is 17.6 Å². The van der Waals surface area contributed by atoms with Crippen molar-refractivity contribution in [3.8, 4) is 5.69 Å². The molecule has 156 valence electrons. The summed E-state index contributed by atoms with van der Waals surface area (Å²) in [5.74, 6) is -1.24. The van der Waals surface area contributed by atoms with E-state index in [0.717, 1.165) is 4.57 Å². The number of carbonyl (C=O) groups is 3.